The summed E-state index contributed by atoms with van der Waals surface area (Å²) in [6.45, 7) is 3.68. The molecule has 0 aliphatic rings. The van der Waals surface area contributed by atoms with E-state index in [1.807, 2.05) is 37.3 Å². The van der Waals surface area contributed by atoms with E-state index in [1.54, 1.807) is 18.2 Å². The van der Waals surface area contributed by atoms with E-state index in [2.05, 4.69) is 20.3 Å². The van der Waals surface area contributed by atoms with Gasteiger partial charge in [-0.1, -0.05) is 35.9 Å². The monoisotopic (exact) mass is 522 g/mol. The highest BCUT2D eigenvalue weighted by Gasteiger charge is 2.11. The number of halogens is 2. The number of nitrogens with one attached hydrogen (secondary N) is 3. The Hall–Kier alpha value is -1.36. The zero-order valence-electron chi connectivity index (χ0n) is 15.2. The smallest absolute Gasteiger partial charge is 0.240 e. The van der Waals surface area contributed by atoms with Crippen LogP contribution in [0.5, 0.6) is 0 Å². The first-order chi connectivity index (χ1) is 12.4. The number of guanidine groups is 1. The largest absolute Gasteiger partial charge is 0.357 e. The van der Waals surface area contributed by atoms with Crippen LogP contribution in [0.25, 0.3) is 0 Å². The van der Waals surface area contributed by atoms with Crippen LogP contribution in [0.15, 0.2) is 58.4 Å². The first-order valence-electron chi connectivity index (χ1n) is 8.23. The standard InChI is InChI=1S/C18H23ClN4O2S.HI/c1-3-21-18(22-12-14-7-9-16(19)10-8-14)23-13-15-5-4-6-17(11-15)26(24,25)20-2;/h4-11,20H,3,12-13H2,1-2H3,(H2,21,22,23);1H. The van der Waals surface area contributed by atoms with Gasteiger partial charge in [0.2, 0.25) is 10.0 Å². The van der Waals surface area contributed by atoms with Crippen molar-refractivity contribution in [1.29, 1.82) is 0 Å². The van der Waals surface area contributed by atoms with Gasteiger partial charge in [0, 0.05) is 18.1 Å². The lowest BCUT2D eigenvalue weighted by molar-refractivity contribution is 0.588. The topological polar surface area (TPSA) is 82.6 Å². The third-order valence-electron chi connectivity index (χ3n) is 3.61. The number of benzene rings is 2. The zero-order chi connectivity index (χ0) is 19.0. The molecule has 0 aromatic heterocycles. The molecule has 0 unspecified atom stereocenters. The van der Waals surface area contributed by atoms with Crippen molar-refractivity contribution in [1.82, 2.24) is 15.4 Å². The van der Waals surface area contributed by atoms with Crippen LogP contribution in [0, 0.1) is 0 Å². The fourth-order valence-electron chi connectivity index (χ4n) is 2.23. The first-order valence-corrected chi connectivity index (χ1v) is 10.1. The third-order valence-corrected chi connectivity index (χ3v) is 5.28. The van der Waals surface area contributed by atoms with Gasteiger partial charge in [-0.3, -0.25) is 0 Å². The molecular weight excluding hydrogens is 499 g/mol. The Kier molecular flexibility index (Phi) is 10.1. The van der Waals surface area contributed by atoms with Gasteiger partial charge >= 0.3 is 0 Å². The molecule has 6 nitrogen and oxygen atoms in total. The summed E-state index contributed by atoms with van der Waals surface area (Å²) in [7, 11) is -2.07. The van der Waals surface area contributed by atoms with Crippen molar-refractivity contribution in [2.24, 2.45) is 4.99 Å². The SMILES string of the molecule is CCNC(=NCc1cccc(S(=O)(=O)NC)c1)NCc1ccc(Cl)cc1.I. The minimum atomic E-state index is -3.46. The Balaban J connectivity index is 0.00000364. The fraction of sp³-hybridized carbons (Fsp3) is 0.278. The van der Waals surface area contributed by atoms with Gasteiger partial charge in [0.25, 0.3) is 0 Å². The van der Waals surface area contributed by atoms with E-state index in [0.29, 0.717) is 24.1 Å². The van der Waals surface area contributed by atoms with Crippen molar-refractivity contribution in [2.75, 3.05) is 13.6 Å². The van der Waals surface area contributed by atoms with E-state index in [1.165, 1.54) is 7.05 Å². The first kappa shape index (κ1) is 23.7. The van der Waals surface area contributed by atoms with Gasteiger partial charge in [-0.2, -0.15) is 0 Å². The lowest BCUT2D eigenvalue weighted by Crippen LogP contribution is -2.36. The predicted octanol–water partition coefficient (Wildman–Crippen LogP) is 3.12. The van der Waals surface area contributed by atoms with Gasteiger partial charge in [0.15, 0.2) is 5.96 Å². The second kappa shape index (κ2) is 11.5. The maximum Gasteiger partial charge on any atom is 0.240 e. The molecule has 0 spiro atoms. The van der Waals surface area contributed by atoms with Crippen LogP contribution in [0.4, 0.5) is 0 Å². The fourth-order valence-corrected chi connectivity index (χ4v) is 3.15. The molecule has 0 fully saturated rings. The van der Waals surface area contributed by atoms with Crippen molar-refractivity contribution in [3.63, 3.8) is 0 Å². The van der Waals surface area contributed by atoms with Gasteiger partial charge in [0.1, 0.15) is 0 Å². The molecule has 0 aliphatic heterocycles. The van der Waals surface area contributed by atoms with Crippen molar-refractivity contribution in [3.05, 3.63) is 64.7 Å². The van der Waals surface area contributed by atoms with Crippen molar-refractivity contribution >= 4 is 51.6 Å². The summed E-state index contributed by atoms with van der Waals surface area (Å²) in [6, 6.07) is 14.3. The van der Waals surface area contributed by atoms with Crippen LogP contribution in [-0.2, 0) is 23.1 Å². The molecule has 0 atom stereocenters. The molecule has 27 heavy (non-hydrogen) atoms. The van der Waals surface area contributed by atoms with Gasteiger partial charge in [0.05, 0.1) is 11.4 Å². The van der Waals surface area contributed by atoms with E-state index in [-0.39, 0.29) is 28.9 Å². The Morgan fingerprint density at radius 2 is 1.78 bits per heavy atom. The minimum Gasteiger partial charge on any atom is -0.357 e. The van der Waals surface area contributed by atoms with Crippen LogP contribution in [-0.4, -0.2) is 28.0 Å². The number of hydrogen-bond acceptors (Lipinski definition) is 3. The van der Waals surface area contributed by atoms with E-state index < -0.39 is 10.0 Å². The van der Waals surface area contributed by atoms with E-state index in [9.17, 15) is 8.42 Å². The number of rotatable bonds is 7. The highest BCUT2D eigenvalue weighted by molar-refractivity contribution is 14.0. The molecule has 3 N–H and O–H groups in total. The molecule has 2 aromatic rings. The summed E-state index contributed by atoms with van der Waals surface area (Å²) in [5.74, 6) is 0.657. The maximum absolute atomic E-state index is 11.9. The lowest BCUT2D eigenvalue weighted by Gasteiger charge is -2.12. The molecule has 0 amide bonds. The van der Waals surface area contributed by atoms with Gasteiger partial charge in [-0.05, 0) is 49.4 Å². The van der Waals surface area contributed by atoms with Crippen molar-refractivity contribution in [2.45, 2.75) is 24.9 Å². The summed E-state index contributed by atoms with van der Waals surface area (Å²) >= 11 is 5.89. The number of hydrogen-bond donors (Lipinski definition) is 3. The molecular formula is C18H24ClIN4O2S. The highest BCUT2D eigenvalue weighted by Crippen LogP contribution is 2.12. The predicted molar refractivity (Wildman–Crippen MR) is 121 cm³/mol. The molecule has 2 aromatic carbocycles. The number of nitrogens with zero attached hydrogens (tertiary/aromatic N) is 1. The molecule has 0 heterocycles. The Labute approximate surface area is 182 Å². The maximum atomic E-state index is 11.9. The Morgan fingerprint density at radius 3 is 2.41 bits per heavy atom. The van der Waals surface area contributed by atoms with Crippen molar-refractivity contribution in [3.8, 4) is 0 Å². The van der Waals surface area contributed by atoms with E-state index in [0.717, 1.165) is 17.7 Å². The molecule has 0 bridgehead atoms. The molecule has 0 saturated carbocycles. The molecule has 0 radical (unpaired) electrons. The number of sulfonamides is 1. The van der Waals surface area contributed by atoms with E-state index >= 15 is 0 Å². The van der Waals surface area contributed by atoms with Gasteiger partial charge in [-0.25, -0.2) is 18.1 Å². The second-order valence-corrected chi connectivity index (χ2v) is 7.85. The molecule has 2 rings (SSSR count). The van der Waals surface area contributed by atoms with Crippen molar-refractivity contribution < 1.29 is 8.42 Å². The second-order valence-electron chi connectivity index (χ2n) is 5.53. The normalized spacial score (nSPS) is 11.6. The van der Waals surface area contributed by atoms with Crippen LogP contribution in [0.2, 0.25) is 5.02 Å². The lowest BCUT2D eigenvalue weighted by atomic mass is 10.2. The summed E-state index contributed by atoms with van der Waals surface area (Å²) in [4.78, 5) is 4.75. The molecule has 0 saturated heterocycles. The van der Waals surface area contributed by atoms with Crippen LogP contribution in [0.3, 0.4) is 0 Å². The van der Waals surface area contributed by atoms with Crippen LogP contribution in [0.1, 0.15) is 18.1 Å². The summed E-state index contributed by atoms with van der Waals surface area (Å²) in [5.41, 5.74) is 1.90. The molecule has 9 heteroatoms. The molecule has 148 valence electrons. The number of aliphatic imine (C=N–C) groups is 1. The Bertz CT molecular complexity index is 858. The Morgan fingerprint density at radius 1 is 1.07 bits per heavy atom. The highest BCUT2D eigenvalue weighted by atomic mass is 127. The minimum absolute atomic E-state index is 0. The summed E-state index contributed by atoms with van der Waals surface area (Å²) in [6.07, 6.45) is 0. The average Bonchev–Trinajstić information content (AvgIpc) is 2.65. The third kappa shape index (κ3) is 7.65. The van der Waals surface area contributed by atoms with E-state index in [4.69, 9.17) is 11.6 Å². The summed E-state index contributed by atoms with van der Waals surface area (Å²) < 4.78 is 26.1. The summed E-state index contributed by atoms with van der Waals surface area (Å²) in [5, 5.41) is 7.12. The van der Waals surface area contributed by atoms with Gasteiger partial charge in [-0.15, -0.1) is 24.0 Å². The molecule has 0 aliphatic carbocycles. The van der Waals surface area contributed by atoms with Crippen LogP contribution < -0.4 is 15.4 Å². The quantitative estimate of drug-likeness (QED) is 0.296. The zero-order valence-corrected chi connectivity index (χ0v) is 19.1. The van der Waals surface area contributed by atoms with Crippen LogP contribution >= 0.6 is 35.6 Å². The van der Waals surface area contributed by atoms with Gasteiger partial charge < -0.3 is 10.6 Å². The average molecular weight is 523 g/mol.